The topological polar surface area (TPSA) is 124 Å². The Kier molecular flexibility index (Phi) is 4.92. The zero-order chi connectivity index (χ0) is 18.6. The van der Waals surface area contributed by atoms with Gasteiger partial charge < -0.3 is 4.74 Å². The molecule has 9 heteroatoms. The van der Waals surface area contributed by atoms with Gasteiger partial charge in [-0.2, -0.15) is 0 Å². The van der Waals surface area contributed by atoms with Crippen LogP contribution in [0.15, 0.2) is 71.9 Å². The van der Waals surface area contributed by atoms with Gasteiger partial charge in [0.1, 0.15) is 0 Å². The lowest BCUT2D eigenvalue weighted by atomic mass is 10.2. The number of nitrogens with zero attached hydrogens (tertiary/aromatic N) is 2. The van der Waals surface area contributed by atoms with E-state index in [1.165, 1.54) is 36.7 Å². The molecule has 3 N–H and O–H groups in total. The zero-order valence-electron chi connectivity index (χ0n) is 13.4. The van der Waals surface area contributed by atoms with Gasteiger partial charge in [0.25, 0.3) is 0 Å². The molecular weight excluding hydrogens is 356 g/mol. The third-order valence-corrected chi connectivity index (χ3v) is 4.19. The molecule has 0 spiro atoms. The van der Waals surface area contributed by atoms with Crippen LogP contribution in [0.2, 0.25) is 0 Å². The summed E-state index contributed by atoms with van der Waals surface area (Å²) in [5.41, 5.74) is 1.06. The molecular formula is C17H14N4O4S. The van der Waals surface area contributed by atoms with E-state index < -0.39 is 16.1 Å². The van der Waals surface area contributed by atoms with Crippen LogP contribution in [0.3, 0.4) is 0 Å². The maximum Gasteiger partial charge on any atom is 0.417 e. The normalized spacial score (nSPS) is 11.0. The van der Waals surface area contributed by atoms with Crippen molar-refractivity contribution >= 4 is 21.8 Å². The van der Waals surface area contributed by atoms with Crippen LogP contribution in [0.5, 0.6) is 5.75 Å². The van der Waals surface area contributed by atoms with Crippen LogP contribution in [-0.4, -0.2) is 24.5 Å². The Morgan fingerprint density at radius 1 is 1.00 bits per heavy atom. The smallest absolute Gasteiger partial charge is 0.407 e. The molecule has 0 saturated heterocycles. The number of carbonyl (C=O) groups is 1. The van der Waals surface area contributed by atoms with E-state index in [1.54, 1.807) is 0 Å². The molecule has 0 radical (unpaired) electrons. The molecule has 1 heterocycles. The van der Waals surface area contributed by atoms with Crippen molar-refractivity contribution in [3.63, 3.8) is 0 Å². The summed E-state index contributed by atoms with van der Waals surface area (Å²) in [5.74, 6) is 0.643. The van der Waals surface area contributed by atoms with Crippen LogP contribution in [0.25, 0.3) is 11.4 Å². The molecule has 0 aliphatic heterocycles. The lowest BCUT2D eigenvalue weighted by molar-refractivity contribution is 0.215. The van der Waals surface area contributed by atoms with Crippen molar-refractivity contribution in [2.75, 3.05) is 5.32 Å². The highest BCUT2D eigenvalue weighted by Gasteiger charge is 2.11. The van der Waals surface area contributed by atoms with Crippen molar-refractivity contribution < 1.29 is 17.9 Å². The van der Waals surface area contributed by atoms with E-state index in [4.69, 9.17) is 9.88 Å². The van der Waals surface area contributed by atoms with Crippen molar-refractivity contribution in [1.82, 2.24) is 9.97 Å². The van der Waals surface area contributed by atoms with Crippen molar-refractivity contribution in [2.45, 2.75) is 4.90 Å². The number of carbonyl (C=O) groups excluding carboxylic acids is 1. The molecule has 0 aliphatic carbocycles. The zero-order valence-corrected chi connectivity index (χ0v) is 14.2. The first-order valence-electron chi connectivity index (χ1n) is 7.41. The summed E-state index contributed by atoms with van der Waals surface area (Å²) in [6.07, 6.45) is 1.93. The van der Waals surface area contributed by atoms with Gasteiger partial charge in [0, 0.05) is 11.3 Å². The van der Waals surface area contributed by atoms with Gasteiger partial charge in [-0.05, 0) is 18.2 Å². The Hall–Kier alpha value is -3.30. The summed E-state index contributed by atoms with van der Waals surface area (Å²) in [6.45, 7) is 0. The van der Waals surface area contributed by atoms with E-state index in [0.29, 0.717) is 5.82 Å². The second-order valence-corrected chi connectivity index (χ2v) is 6.76. The number of nitrogens with one attached hydrogen (secondary N) is 1. The molecule has 8 nitrogen and oxygen atoms in total. The number of hydrogen-bond donors (Lipinski definition) is 2. The van der Waals surface area contributed by atoms with Crippen LogP contribution in [0.4, 0.5) is 10.5 Å². The number of amides is 1. The Labute approximate surface area is 149 Å². The number of sulfonamides is 1. The molecule has 0 atom stereocenters. The Bertz CT molecular complexity index is 1020. The van der Waals surface area contributed by atoms with E-state index in [2.05, 4.69) is 15.3 Å². The van der Waals surface area contributed by atoms with Gasteiger partial charge in [-0.1, -0.05) is 36.4 Å². The first kappa shape index (κ1) is 17.5. The predicted molar refractivity (Wildman–Crippen MR) is 94.9 cm³/mol. The summed E-state index contributed by atoms with van der Waals surface area (Å²) in [5, 5.41) is 7.47. The molecule has 2 aromatic carbocycles. The molecule has 0 saturated carbocycles. The maximum atomic E-state index is 11.9. The second-order valence-electron chi connectivity index (χ2n) is 5.20. The monoisotopic (exact) mass is 370 g/mol. The summed E-state index contributed by atoms with van der Waals surface area (Å²) >= 11 is 0. The van der Waals surface area contributed by atoms with Crippen molar-refractivity contribution in [3.05, 3.63) is 67.0 Å². The lowest BCUT2D eigenvalue weighted by Crippen LogP contribution is -2.18. The summed E-state index contributed by atoms with van der Waals surface area (Å²) in [6, 6.07) is 14.8. The lowest BCUT2D eigenvalue weighted by Gasteiger charge is -2.07. The summed E-state index contributed by atoms with van der Waals surface area (Å²) in [4.78, 5) is 20.1. The van der Waals surface area contributed by atoms with Gasteiger partial charge in [-0.25, -0.2) is 28.3 Å². The largest absolute Gasteiger partial charge is 0.417 e. The SMILES string of the molecule is NS(=O)(=O)c1cccc(NC(=O)Oc2cnc(-c3ccccc3)nc2)c1. The van der Waals surface area contributed by atoms with Gasteiger partial charge in [0.15, 0.2) is 11.6 Å². The second kappa shape index (κ2) is 7.30. The number of aromatic nitrogens is 2. The summed E-state index contributed by atoms with van der Waals surface area (Å²) in [7, 11) is -3.86. The molecule has 3 rings (SSSR count). The highest BCUT2D eigenvalue weighted by atomic mass is 32.2. The first-order valence-corrected chi connectivity index (χ1v) is 8.95. The van der Waals surface area contributed by atoms with E-state index in [1.807, 2.05) is 30.3 Å². The molecule has 1 amide bonds. The summed E-state index contributed by atoms with van der Waals surface area (Å²) < 4.78 is 27.7. The van der Waals surface area contributed by atoms with Gasteiger partial charge in [0.05, 0.1) is 17.3 Å². The van der Waals surface area contributed by atoms with E-state index in [0.717, 1.165) is 5.56 Å². The fourth-order valence-electron chi connectivity index (χ4n) is 2.11. The van der Waals surface area contributed by atoms with Crippen LogP contribution in [0.1, 0.15) is 0 Å². The van der Waals surface area contributed by atoms with Gasteiger partial charge >= 0.3 is 6.09 Å². The standard InChI is InChI=1S/C17H14N4O4S/c18-26(23,24)15-8-4-7-13(9-15)21-17(22)25-14-10-19-16(20-11-14)12-5-2-1-3-6-12/h1-11H,(H,21,22)(H2,18,23,24). The minimum atomic E-state index is -3.86. The fraction of sp³-hybridized carbons (Fsp3) is 0. The molecule has 0 unspecified atom stereocenters. The van der Waals surface area contributed by atoms with Gasteiger partial charge in [-0.3, -0.25) is 5.32 Å². The molecule has 1 aromatic heterocycles. The number of ether oxygens (including phenoxy) is 1. The number of anilines is 1. The van der Waals surface area contributed by atoms with Crippen LogP contribution in [-0.2, 0) is 10.0 Å². The van der Waals surface area contributed by atoms with Crippen LogP contribution >= 0.6 is 0 Å². The van der Waals surface area contributed by atoms with Crippen LogP contribution < -0.4 is 15.2 Å². The van der Waals surface area contributed by atoms with Crippen molar-refractivity contribution in [2.24, 2.45) is 5.14 Å². The highest BCUT2D eigenvalue weighted by molar-refractivity contribution is 7.89. The van der Waals surface area contributed by atoms with Crippen molar-refractivity contribution in [3.8, 4) is 17.1 Å². The molecule has 0 bridgehead atoms. The quantitative estimate of drug-likeness (QED) is 0.727. The third kappa shape index (κ3) is 4.41. The Morgan fingerprint density at radius 3 is 2.35 bits per heavy atom. The maximum absolute atomic E-state index is 11.9. The van der Waals surface area contributed by atoms with Gasteiger partial charge in [0.2, 0.25) is 10.0 Å². The Morgan fingerprint density at radius 2 is 1.69 bits per heavy atom. The van der Waals surface area contributed by atoms with Gasteiger partial charge in [-0.15, -0.1) is 0 Å². The highest BCUT2D eigenvalue weighted by Crippen LogP contribution is 2.17. The van der Waals surface area contributed by atoms with E-state index in [-0.39, 0.29) is 16.3 Å². The number of hydrogen-bond acceptors (Lipinski definition) is 6. The minimum Gasteiger partial charge on any atom is -0.407 e. The average molecular weight is 370 g/mol. The number of nitrogens with two attached hydrogens (primary N) is 1. The molecule has 0 aliphatic rings. The first-order chi connectivity index (χ1) is 12.4. The number of primary sulfonamides is 1. The van der Waals surface area contributed by atoms with E-state index in [9.17, 15) is 13.2 Å². The Balaban J connectivity index is 1.67. The molecule has 3 aromatic rings. The van der Waals surface area contributed by atoms with Crippen molar-refractivity contribution in [1.29, 1.82) is 0 Å². The third-order valence-electron chi connectivity index (χ3n) is 3.28. The molecule has 26 heavy (non-hydrogen) atoms. The van der Waals surface area contributed by atoms with Crippen LogP contribution in [0, 0.1) is 0 Å². The fourth-order valence-corrected chi connectivity index (χ4v) is 2.67. The molecule has 0 fully saturated rings. The minimum absolute atomic E-state index is 0.120. The molecule has 132 valence electrons. The average Bonchev–Trinajstić information content (AvgIpc) is 2.62. The predicted octanol–water partition coefficient (Wildman–Crippen LogP) is 2.40. The van der Waals surface area contributed by atoms with E-state index >= 15 is 0 Å². The number of rotatable bonds is 4. The number of benzene rings is 2.